The summed E-state index contributed by atoms with van der Waals surface area (Å²) in [7, 11) is 3.37. The Bertz CT molecular complexity index is 324. The topological polar surface area (TPSA) is 27.7 Å². The second-order valence-electron chi connectivity index (χ2n) is 3.67. The Morgan fingerprint density at radius 2 is 2.07 bits per heavy atom. The van der Waals surface area contributed by atoms with Gasteiger partial charge in [0.15, 0.2) is 6.29 Å². The number of hydrogen-bond donors (Lipinski definition) is 0. The van der Waals surface area contributed by atoms with Crippen LogP contribution in [0.5, 0.6) is 5.75 Å². The summed E-state index contributed by atoms with van der Waals surface area (Å²) in [4.78, 5) is 0. The van der Waals surface area contributed by atoms with Crippen LogP contribution in [0.15, 0.2) is 24.3 Å². The summed E-state index contributed by atoms with van der Waals surface area (Å²) < 4.78 is 16.0. The molecule has 1 heterocycles. The Labute approximate surface area is 90.0 Å². The highest BCUT2D eigenvalue weighted by Gasteiger charge is 2.28. The van der Waals surface area contributed by atoms with E-state index in [1.54, 1.807) is 14.2 Å². The number of para-hydroxylation sites is 1. The Hall–Kier alpha value is -1.06. The van der Waals surface area contributed by atoms with E-state index < -0.39 is 0 Å². The van der Waals surface area contributed by atoms with Crippen LogP contribution in [-0.4, -0.2) is 27.1 Å². The van der Waals surface area contributed by atoms with Gasteiger partial charge < -0.3 is 14.2 Å². The fraction of sp³-hybridized carbons (Fsp3) is 0.500. The minimum atomic E-state index is -0.0695. The first-order valence-corrected chi connectivity index (χ1v) is 5.12. The van der Waals surface area contributed by atoms with Crippen LogP contribution in [0, 0.1) is 0 Å². The smallest absolute Gasteiger partial charge is 0.157 e. The normalized spacial score (nSPS) is 25.5. The van der Waals surface area contributed by atoms with Crippen molar-refractivity contribution in [2.75, 3.05) is 20.8 Å². The largest absolute Gasteiger partial charge is 0.496 e. The maximum Gasteiger partial charge on any atom is 0.157 e. The molecular weight excluding hydrogens is 192 g/mol. The molecule has 15 heavy (non-hydrogen) atoms. The Kier molecular flexibility index (Phi) is 3.23. The summed E-state index contributed by atoms with van der Waals surface area (Å²) in [5, 5.41) is 0. The maximum absolute atomic E-state index is 5.49. The molecule has 0 amide bonds. The molecule has 1 saturated heterocycles. The Morgan fingerprint density at radius 3 is 2.73 bits per heavy atom. The molecule has 1 aromatic rings. The molecule has 1 aliphatic rings. The zero-order valence-electron chi connectivity index (χ0n) is 9.10. The van der Waals surface area contributed by atoms with E-state index in [1.165, 1.54) is 5.56 Å². The van der Waals surface area contributed by atoms with Crippen LogP contribution in [0.25, 0.3) is 0 Å². The van der Waals surface area contributed by atoms with E-state index in [2.05, 4.69) is 6.07 Å². The van der Waals surface area contributed by atoms with E-state index in [0.29, 0.717) is 12.5 Å². The molecule has 0 aromatic heterocycles. The number of ether oxygens (including phenoxy) is 3. The Balaban J connectivity index is 2.16. The van der Waals surface area contributed by atoms with Crippen molar-refractivity contribution in [3.8, 4) is 5.75 Å². The standard InChI is InChI=1S/C12H16O3/c1-13-11-6-4-3-5-10(11)9-7-12(14-2)15-8-9/h3-6,9,12H,7-8H2,1-2H3/t9-,12+/m0/s1. The van der Waals surface area contributed by atoms with Crippen LogP contribution in [0.3, 0.4) is 0 Å². The van der Waals surface area contributed by atoms with Crippen LogP contribution in [0.2, 0.25) is 0 Å². The lowest BCUT2D eigenvalue weighted by molar-refractivity contribution is -0.0880. The lowest BCUT2D eigenvalue weighted by Crippen LogP contribution is -2.06. The fourth-order valence-electron chi connectivity index (χ4n) is 1.98. The highest BCUT2D eigenvalue weighted by molar-refractivity contribution is 5.36. The van der Waals surface area contributed by atoms with Gasteiger partial charge in [0, 0.05) is 19.4 Å². The highest BCUT2D eigenvalue weighted by Crippen LogP contribution is 2.34. The molecule has 0 saturated carbocycles. The van der Waals surface area contributed by atoms with Gasteiger partial charge in [-0.05, 0) is 11.6 Å². The van der Waals surface area contributed by atoms with Crippen LogP contribution >= 0.6 is 0 Å². The lowest BCUT2D eigenvalue weighted by Gasteiger charge is -2.12. The van der Waals surface area contributed by atoms with E-state index in [1.807, 2.05) is 18.2 Å². The van der Waals surface area contributed by atoms with Crippen molar-refractivity contribution >= 4 is 0 Å². The molecule has 0 radical (unpaired) electrons. The molecule has 0 unspecified atom stereocenters. The van der Waals surface area contributed by atoms with Gasteiger partial charge >= 0.3 is 0 Å². The molecule has 0 spiro atoms. The second-order valence-corrected chi connectivity index (χ2v) is 3.67. The van der Waals surface area contributed by atoms with Crippen molar-refractivity contribution in [3.05, 3.63) is 29.8 Å². The van der Waals surface area contributed by atoms with E-state index >= 15 is 0 Å². The molecule has 2 atom stereocenters. The third-order valence-corrected chi connectivity index (χ3v) is 2.80. The van der Waals surface area contributed by atoms with Gasteiger partial charge in [-0.2, -0.15) is 0 Å². The van der Waals surface area contributed by atoms with E-state index in [0.717, 1.165) is 12.2 Å². The number of rotatable bonds is 3. The van der Waals surface area contributed by atoms with Crippen LogP contribution in [-0.2, 0) is 9.47 Å². The first-order chi connectivity index (χ1) is 7.35. The summed E-state index contributed by atoms with van der Waals surface area (Å²) in [5.74, 6) is 1.31. The van der Waals surface area contributed by atoms with Gasteiger partial charge in [0.05, 0.1) is 13.7 Å². The SMILES string of the molecule is COc1ccccc1[C@@H]1CO[C@@H](OC)C1. The highest BCUT2D eigenvalue weighted by atomic mass is 16.7. The molecule has 1 aromatic carbocycles. The first-order valence-electron chi connectivity index (χ1n) is 5.12. The van der Waals surface area contributed by atoms with Crippen molar-refractivity contribution < 1.29 is 14.2 Å². The van der Waals surface area contributed by atoms with Crippen molar-refractivity contribution in [1.82, 2.24) is 0 Å². The van der Waals surface area contributed by atoms with E-state index in [4.69, 9.17) is 14.2 Å². The van der Waals surface area contributed by atoms with Crippen molar-refractivity contribution in [3.63, 3.8) is 0 Å². The minimum Gasteiger partial charge on any atom is -0.496 e. The molecule has 0 bridgehead atoms. The van der Waals surface area contributed by atoms with Crippen molar-refractivity contribution in [1.29, 1.82) is 0 Å². The molecule has 2 rings (SSSR count). The average Bonchev–Trinajstić information content (AvgIpc) is 2.77. The fourth-order valence-corrected chi connectivity index (χ4v) is 1.98. The van der Waals surface area contributed by atoms with E-state index in [9.17, 15) is 0 Å². The zero-order valence-corrected chi connectivity index (χ0v) is 9.10. The average molecular weight is 208 g/mol. The van der Waals surface area contributed by atoms with Gasteiger partial charge in [-0.3, -0.25) is 0 Å². The third-order valence-electron chi connectivity index (χ3n) is 2.80. The van der Waals surface area contributed by atoms with Crippen LogP contribution in [0.4, 0.5) is 0 Å². The molecule has 0 N–H and O–H groups in total. The van der Waals surface area contributed by atoms with Gasteiger partial charge in [-0.25, -0.2) is 0 Å². The third kappa shape index (κ3) is 2.13. The van der Waals surface area contributed by atoms with Crippen molar-refractivity contribution in [2.24, 2.45) is 0 Å². The van der Waals surface area contributed by atoms with Crippen LogP contribution in [0.1, 0.15) is 17.9 Å². The number of methoxy groups -OCH3 is 2. The molecule has 3 nitrogen and oxygen atoms in total. The molecular formula is C12H16O3. The van der Waals surface area contributed by atoms with Crippen LogP contribution < -0.4 is 4.74 Å². The zero-order chi connectivity index (χ0) is 10.7. The van der Waals surface area contributed by atoms with E-state index in [-0.39, 0.29) is 6.29 Å². The first kappa shape index (κ1) is 10.5. The van der Waals surface area contributed by atoms with Gasteiger partial charge in [-0.15, -0.1) is 0 Å². The predicted molar refractivity (Wildman–Crippen MR) is 57.1 cm³/mol. The van der Waals surface area contributed by atoms with Gasteiger partial charge in [0.1, 0.15) is 5.75 Å². The summed E-state index contributed by atoms with van der Waals surface area (Å²) >= 11 is 0. The monoisotopic (exact) mass is 208 g/mol. The Morgan fingerprint density at radius 1 is 1.27 bits per heavy atom. The van der Waals surface area contributed by atoms with Gasteiger partial charge in [0.25, 0.3) is 0 Å². The summed E-state index contributed by atoms with van der Waals surface area (Å²) in [6.07, 6.45) is 0.830. The maximum atomic E-state index is 5.49. The summed E-state index contributed by atoms with van der Waals surface area (Å²) in [6.45, 7) is 0.707. The molecule has 1 aliphatic heterocycles. The summed E-state index contributed by atoms with van der Waals surface area (Å²) in [6, 6.07) is 8.07. The summed E-state index contributed by atoms with van der Waals surface area (Å²) in [5.41, 5.74) is 1.21. The molecule has 1 fully saturated rings. The minimum absolute atomic E-state index is 0.0695. The molecule has 0 aliphatic carbocycles. The number of benzene rings is 1. The van der Waals surface area contributed by atoms with Crippen molar-refractivity contribution in [2.45, 2.75) is 18.6 Å². The van der Waals surface area contributed by atoms with Gasteiger partial charge in [0.2, 0.25) is 0 Å². The number of hydrogen-bond acceptors (Lipinski definition) is 3. The predicted octanol–water partition coefficient (Wildman–Crippen LogP) is 2.17. The second kappa shape index (κ2) is 4.64. The van der Waals surface area contributed by atoms with Gasteiger partial charge in [-0.1, -0.05) is 18.2 Å². The lowest BCUT2D eigenvalue weighted by atomic mass is 9.97. The quantitative estimate of drug-likeness (QED) is 0.762. The molecule has 3 heteroatoms. The molecule has 82 valence electrons.